The molecule has 0 heterocycles. The summed E-state index contributed by atoms with van der Waals surface area (Å²) in [6.07, 6.45) is 2.99. The Balaban J connectivity index is 2.64. The molecule has 0 fully saturated rings. The summed E-state index contributed by atoms with van der Waals surface area (Å²) in [5.41, 5.74) is 0.896. The summed E-state index contributed by atoms with van der Waals surface area (Å²) in [6, 6.07) is 9.59. The molecule has 0 atom stereocenters. The van der Waals surface area contributed by atoms with E-state index in [0.717, 1.165) is 5.69 Å². The van der Waals surface area contributed by atoms with Gasteiger partial charge in [-0.05, 0) is 12.1 Å². The molecule has 0 saturated heterocycles. The smallest absolute Gasteiger partial charge is 0.0648 e. The van der Waals surface area contributed by atoms with Crippen molar-refractivity contribution in [1.29, 1.82) is 0 Å². The number of hydrogen-bond donors (Lipinski definition) is 1. The molecule has 1 rings (SSSR count). The summed E-state index contributed by atoms with van der Waals surface area (Å²) < 4.78 is 0. The highest BCUT2D eigenvalue weighted by molar-refractivity contribution is 6.16. The van der Waals surface area contributed by atoms with Gasteiger partial charge in [-0.1, -0.05) is 18.2 Å². The van der Waals surface area contributed by atoms with E-state index in [0.29, 0.717) is 0 Å². The number of nitrogens with two attached hydrogens (primary N) is 1. The fourth-order valence-electron chi connectivity index (χ4n) is 0.672. The summed E-state index contributed by atoms with van der Waals surface area (Å²) in [6.45, 7) is 0. The van der Waals surface area contributed by atoms with Gasteiger partial charge in [0, 0.05) is 6.21 Å². The number of hydrazone groups is 1. The van der Waals surface area contributed by atoms with Crippen molar-refractivity contribution < 1.29 is 0 Å². The van der Waals surface area contributed by atoms with E-state index in [-0.39, 0.29) is 0 Å². The van der Waals surface area contributed by atoms with Crippen LogP contribution in [0.2, 0.25) is 0 Å². The fraction of sp³-hybridized carbons (Fsp3) is 0. The summed E-state index contributed by atoms with van der Waals surface area (Å²) in [4.78, 5) is 4.04. The molecular weight excluding hydrogens is 138 g/mol. The van der Waals surface area contributed by atoms with Gasteiger partial charge in [-0.15, -0.1) is 0 Å². The largest absolute Gasteiger partial charge is 0.323 e. The van der Waals surface area contributed by atoms with Crippen LogP contribution < -0.4 is 5.84 Å². The van der Waals surface area contributed by atoms with Gasteiger partial charge >= 0.3 is 0 Å². The number of para-hydroxylation sites is 1. The molecule has 0 aliphatic carbocycles. The van der Waals surface area contributed by atoms with Crippen molar-refractivity contribution in [1.82, 2.24) is 0 Å². The highest BCUT2D eigenvalue weighted by Crippen LogP contribution is 2.07. The SMILES string of the molecule is N/N=C\C=Nc1ccccc1. The highest BCUT2D eigenvalue weighted by atomic mass is 15.1. The quantitative estimate of drug-likeness (QED) is 0.383. The molecule has 0 amide bonds. The van der Waals surface area contributed by atoms with Gasteiger partial charge in [-0.2, -0.15) is 5.10 Å². The molecule has 0 saturated carbocycles. The Labute approximate surface area is 65.3 Å². The monoisotopic (exact) mass is 147 g/mol. The lowest BCUT2D eigenvalue weighted by Gasteiger charge is -1.87. The molecule has 0 bridgehead atoms. The lowest BCUT2D eigenvalue weighted by molar-refractivity contribution is 1.27. The van der Waals surface area contributed by atoms with Gasteiger partial charge < -0.3 is 5.84 Å². The van der Waals surface area contributed by atoms with E-state index < -0.39 is 0 Å². The van der Waals surface area contributed by atoms with E-state index in [1.165, 1.54) is 6.21 Å². The molecular formula is C8H9N3. The molecule has 56 valence electrons. The number of nitrogens with zero attached hydrogens (tertiary/aromatic N) is 2. The topological polar surface area (TPSA) is 50.7 Å². The van der Waals surface area contributed by atoms with Crippen LogP contribution in [0.4, 0.5) is 5.69 Å². The van der Waals surface area contributed by atoms with Crippen molar-refractivity contribution >= 4 is 18.1 Å². The molecule has 0 aliphatic rings. The molecule has 1 aromatic rings. The zero-order valence-corrected chi connectivity index (χ0v) is 6.01. The van der Waals surface area contributed by atoms with Gasteiger partial charge in [-0.3, -0.25) is 4.99 Å². The van der Waals surface area contributed by atoms with Crippen molar-refractivity contribution in [2.75, 3.05) is 0 Å². The lowest BCUT2D eigenvalue weighted by atomic mass is 10.3. The summed E-state index contributed by atoms with van der Waals surface area (Å²) in [7, 11) is 0. The number of rotatable bonds is 2. The van der Waals surface area contributed by atoms with Crippen LogP contribution in [0.1, 0.15) is 0 Å². The second kappa shape index (κ2) is 4.22. The van der Waals surface area contributed by atoms with E-state index in [1.54, 1.807) is 6.21 Å². The Kier molecular flexibility index (Phi) is 2.86. The van der Waals surface area contributed by atoms with Crippen molar-refractivity contribution in [2.24, 2.45) is 15.9 Å². The molecule has 2 N–H and O–H groups in total. The molecule has 3 heteroatoms. The predicted octanol–water partition coefficient (Wildman–Crippen LogP) is 1.33. The Bertz CT molecular complexity index is 251. The van der Waals surface area contributed by atoms with Gasteiger partial charge in [-0.25, -0.2) is 0 Å². The summed E-state index contributed by atoms with van der Waals surface area (Å²) in [5.74, 6) is 4.87. The maximum atomic E-state index is 4.87. The number of hydrogen-bond acceptors (Lipinski definition) is 3. The zero-order chi connectivity index (χ0) is 7.94. The first kappa shape index (κ1) is 7.47. The maximum absolute atomic E-state index is 4.87. The molecule has 0 spiro atoms. The average Bonchev–Trinajstić information content (AvgIpc) is 2.07. The van der Waals surface area contributed by atoms with E-state index in [2.05, 4.69) is 10.1 Å². The van der Waals surface area contributed by atoms with Gasteiger partial charge in [0.2, 0.25) is 0 Å². The summed E-state index contributed by atoms with van der Waals surface area (Å²) >= 11 is 0. The third-order valence-electron chi connectivity index (χ3n) is 1.13. The van der Waals surface area contributed by atoms with Gasteiger partial charge in [0.05, 0.1) is 11.9 Å². The number of benzene rings is 1. The van der Waals surface area contributed by atoms with Crippen LogP contribution in [0.5, 0.6) is 0 Å². The Hall–Kier alpha value is -1.64. The van der Waals surface area contributed by atoms with Crippen LogP contribution >= 0.6 is 0 Å². The first-order valence-electron chi connectivity index (χ1n) is 3.24. The van der Waals surface area contributed by atoms with Crippen LogP contribution in [0.3, 0.4) is 0 Å². The molecule has 0 aliphatic heterocycles. The van der Waals surface area contributed by atoms with Crippen LogP contribution in [0, 0.1) is 0 Å². The standard InChI is InChI=1S/C8H9N3/c9-11-7-6-10-8-4-2-1-3-5-8/h1-7H,9H2/b10-6?,11-7-. The van der Waals surface area contributed by atoms with E-state index >= 15 is 0 Å². The van der Waals surface area contributed by atoms with Gasteiger partial charge in [0.25, 0.3) is 0 Å². The highest BCUT2D eigenvalue weighted by Gasteiger charge is 1.79. The normalized spacial score (nSPS) is 11.3. The maximum Gasteiger partial charge on any atom is 0.0648 e. The average molecular weight is 147 g/mol. The molecule has 0 unspecified atom stereocenters. The van der Waals surface area contributed by atoms with Crippen LogP contribution in [0.25, 0.3) is 0 Å². The molecule has 3 nitrogen and oxygen atoms in total. The Morgan fingerprint density at radius 2 is 1.82 bits per heavy atom. The van der Waals surface area contributed by atoms with Crippen molar-refractivity contribution in [2.45, 2.75) is 0 Å². The Morgan fingerprint density at radius 1 is 1.09 bits per heavy atom. The predicted molar refractivity (Wildman–Crippen MR) is 47.3 cm³/mol. The van der Waals surface area contributed by atoms with E-state index in [4.69, 9.17) is 5.84 Å². The second-order valence-electron chi connectivity index (χ2n) is 1.91. The van der Waals surface area contributed by atoms with E-state index in [9.17, 15) is 0 Å². The minimum Gasteiger partial charge on any atom is -0.323 e. The molecule has 0 aromatic heterocycles. The summed E-state index contributed by atoms with van der Waals surface area (Å²) in [5, 5.41) is 3.28. The van der Waals surface area contributed by atoms with Crippen LogP contribution in [-0.2, 0) is 0 Å². The molecule has 1 aromatic carbocycles. The minimum absolute atomic E-state index is 0.896. The Morgan fingerprint density at radius 3 is 2.45 bits per heavy atom. The zero-order valence-electron chi connectivity index (χ0n) is 6.01. The van der Waals surface area contributed by atoms with Gasteiger partial charge in [0.15, 0.2) is 0 Å². The van der Waals surface area contributed by atoms with Crippen molar-refractivity contribution in [3.8, 4) is 0 Å². The fourth-order valence-corrected chi connectivity index (χ4v) is 0.672. The third kappa shape index (κ3) is 2.62. The van der Waals surface area contributed by atoms with Crippen LogP contribution in [-0.4, -0.2) is 12.4 Å². The second-order valence-corrected chi connectivity index (χ2v) is 1.91. The minimum atomic E-state index is 0.896. The third-order valence-corrected chi connectivity index (χ3v) is 1.13. The van der Waals surface area contributed by atoms with Crippen molar-refractivity contribution in [3.05, 3.63) is 30.3 Å². The first-order valence-corrected chi connectivity index (χ1v) is 3.24. The molecule has 11 heavy (non-hydrogen) atoms. The van der Waals surface area contributed by atoms with Crippen LogP contribution in [0.15, 0.2) is 40.4 Å². The van der Waals surface area contributed by atoms with Crippen molar-refractivity contribution in [3.63, 3.8) is 0 Å². The van der Waals surface area contributed by atoms with Gasteiger partial charge in [0.1, 0.15) is 0 Å². The first-order chi connectivity index (χ1) is 5.43. The number of aliphatic imine (C=N–C) groups is 1. The van der Waals surface area contributed by atoms with E-state index in [1.807, 2.05) is 30.3 Å². The molecule has 0 radical (unpaired) electrons. The lowest BCUT2D eigenvalue weighted by Crippen LogP contribution is -1.82.